The maximum atomic E-state index is 11.4. The minimum absolute atomic E-state index is 0.0803. The number of hydrogen-bond donors (Lipinski definition) is 1. The Morgan fingerprint density at radius 2 is 2.20 bits per heavy atom. The number of carbonyl (C=O) groups is 1. The Balaban J connectivity index is 2.41. The Labute approximate surface area is 113 Å². The van der Waals surface area contributed by atoms with E-state index in [0.717, 1.165) is 0 Å². The predicted molar refractivity (Wildman–Crippen MR) is 70.5 cm³/mol. The van der Waals surface area contributed by atoms with Crippen molar-refractivity contribution in [3.8, 4) is 11.9 Å². The number of carboxylic acids is 1. The number of fused-ring (bicyclic) bond motifs is 1. The number of hydrogen-bond acceptors (Lipinski definition) is 4. The van der Waals surface area contributed by atoms with Crippen LogP contribution in [0.2, 0.25) is 0 Å². The number of aromatic nitrogens is 3. The molecule has 0 radical (unpaired) electrons. The molecule has 0 aliphatic heterocycles. The van der Waals surface area contributed by atoms with E-state index in [1.165, 1.54) is 6.33 Å². The Hall–Kier alpha value is -3.20. The van der Waals surface area contributed by atoms with E-state index in [1.807, 2.05) is 0 Å². The van der Waals surface area contributed by atoms with Gasteiger partial charge in [-0.05, 0) is 12.1 Å². The number of benzene rings is 1. The van der Waals surface area contributed by atoms with E-state index in [9.17, 15) is 9.90 Å². The highest BCUT2D eigenvalue weighted by Crippen LogP contribution is 2.23. The van der Waals surface area contributed by atoms with E-state index in [0.29, 0.717) is 22.2 Å². The summed E-state index contributed by atoms with van der Waals surface area (Å²) in [4.78, 5) is 19.4. The number of carboxylic acid groups (broad SMARTS) is 1. The molecule has 1 aromatic carbocycles. The molecule has 3 aromatic rings. The average Bonchev–Trinajstić information content (AvgIpc) is 2.99. The quantitative estimate of drug-likeness (QED) is 0.764. The Morgan fingerprint density at radius 1 is 1.35 bits per heavy atom. The van der Waals surface area contributed by atoms with E-state index >= 15 is 0 Å². The van der Waals surface area contributed by atoms with Crippen LogP contribution in [0.15, 0.2) is 43.0 Å². The predicted octanol–water partition coefficient (Wildman–Crippen LogP) is 1.99. The van der Waals surface area contributed by atoms with Gasteiger partial charge < -0.3 is 5.11 Å². The Kier molecular flexibility index (Phi) is 2.66. The zero-order chi connectivity index (χ0) is 14.1. The number of pyridine rings is 1. The van der Waals surface area contributed by atoms with Gasteiger partial charge in [-0.3, -0.25) is 4.57 Å². The summed E-state index contributed by atoms with van der Waals surface area (Å²) in [6.07, 6.45) is 4.76. The van der Waals surface area contributed by atoms with Gasteiger partial charge in [-0.1, -0.05) is 12.1 Å². The third-order valence-corrected chi connectivity index (χ3v) is 2.95. The van der Waals surface area contributed by atoms with Crippen molar-refractivity contribution in [1.82, 2.24) is 14.5 Å². The van der Waals surface area contributed by atoms with Gasteiger partial charge >= 0.3 is 5.97 Å². The first-order chi connectivity index (χ1) is 9.70. The number of nitrogens with zero attached hydrogens (tertiary/aromatic N) is 4. The van der Waals surface area contributed by atoms with E-state index in [2.05, 4.69) is 16.0 Å². The molecule has 1 N–H and O–H groups in total. The molecule has 6 nitrogen and oxygen atoms in total. The van der Waals surface area contributed by atoms with Crippen LogP contribution < -0.4 is 0 Å². The summed E-state index contributed by atoms with van der Waals surface area (Å²) in [6, 6.07) is 8.68. The molecule has 0 unspecified atom stereocenters. The van der Waals surface area contributed by atoms with Crippen LogP contribution in [0.3, 0.4) is 0 Å². The lowest BCUT2D eigenvalue weighted by atomic mass is 10.0. The van der Waals surface area contributed by atoms with E-state index < -0.39 is 5.97 Å². The molecule has 0 bridgehead atoms. The van der Waals surface area contributed by atoms with Crippen molar-refractivity contribution in [2.45, 2.75) is 0 Å². The third kappa shape index (κ3) is 1.78. The van der Waals surface area contributed by atoms with Crippen molar-refractivity contribution in [3.63, 3.8) is 0 Å². The van der Waals surface area contributed by atoms with E-state index in [1.54, 1.807) is 41.2 Å². The van der Waals surface area contributed by atoms with E-state index in [4.69, 9.17) is 5.26 Å². The smallest absolute Gasteiger partial charge is 0.355 e. The average molecular weight is 264 g/mol. The fourth-order valence-electron chi connectivity index (χ4n) is 2.05. The molecule has 0 saturated carbocycles. The molecule has 6 heteroatoms. The SMILES string of the molecule is N#Cc1cccc2c(C(=O)O)nc(-n3ccnc3)cc12. The molecule has 0 aliphatic rings. The lowest BCUT2D eigenvalue weighted by Gasteiger charge is -2.08. The van der Waals surface area contributed by atoms with Crippen LogP contribution in [0.5, 0.6) is 0 Å². The first kappa shape index (κ1) is 11.9. The molecule has 96 valence electrons. The van der Waals surface area contributed by atoms with Gasteiger partial charge in [0.25, 0.3) is 0 Å². The summed E-state index contributed by atoms with van der Waals surface area (Å²) in [5.41, 5.74) is 0.331. The normalized spacial score (nSPS) is 10.3. The lowest BCUT2D eigenvalue weighted by molar-refractivity contribution is 0.0693. The summed E-state index contributed by atoms with van der Waals surface area (Å²) in [5.74, 6) is -0.720. The topological polar surface area (TPSA) is 91.8 Å². The van der Waals surface area contributed by atoms with Crippen LogP contribution in [-0.2, 0) is 0 Å². The van der Waals surface area contributed by atoms with Crippen LogP contribution >= 0.6 is 0 Å². The fraction of sp³-hybridized carbons (Fsp3) is 0. The van der Waals surface area contributed by atoms with Gasteiger partial charge in [0.15, 0.2) is 5.69 Å². The standard InChI is InChI=1S/C14H8N4O2/c15-7-9-2-1-3-10-11(9)6-12(17-13(10)14(19)20)18-5-4-16-8-18/h1-6,8H,(H,19,20). The number of nitriles is 1. The molecule has 3 rings (SSSR count). The van der Waals surface area contributed by atoms with Gasteiger partial charge in [-0.15, -0.1) is 0 Å². The molecule has 2 aromatic heterocycles. The molecule has 0 fully saturated rings. The Morgan fingerprint density at radius 3 is 2.85 bits per heavy atom. The van der Waals surface area contributed by atoms with Gasteiger partial charge in [-0.2, -0.15) is 5.26 Å². The van der Waals surface area contributed by atoms with Crippen molar-refractivity contribution in [1.29, 1.82) is 5.26 Å². The van der Waals surface area contributed by atoms with Gasteiger partial charge in [0.2, 0.25) is 0 Å². The van der Waals surface area contributed by atoms with Gasteiger partial charge in [0.1, 0.15) is 12.1 Å². The second kappa shape index (κ2) is 4.48. The highest BCUT2D eigenvalue weighted by atomic mass is 16.4. The second-order valence-corrected chi connectivity index (χ2v) is 4.12. The van der Waals surface area contributed by atoms with Crippen LogP contribution in [0.25, 0.3) is 16.6 Å². The van der Waals surface area contributed by atoms with Crippen LogP contribution in [-0.4, -0.2) is 25.6 Å². The first-order valence-corrected chi connectivity index (χ1v) is 5.76. The number of aromatic carboxylic acids is 1. The summed E-state index contributed by atoms with van der Waals surface area (Å²) in [5, 5.41) is 19.5. The number of imidazole rings is 1. The molecule has 0 spiro atoms. The van der Waals surface area contributed by atoms with Crippen LogP contribution in [0, 0.1) is 11.3 Å². The van der Waals surface area contributed by atoms with Gasteiger partial charge in [-0.25, -0.2) is 14.8 Å². The highest BCUT2D eigenvalue weighted by Gasteiger charge is 2.15. The molecule has 0 atom stereocenters. The summed E-state index contributed by atoms with van der Waals surface area (Å²) in [7, 11) is 0. The molecule has 0 aliphatic carbocycles. The maximum Gasteiger partial charge on any atom is 0.355 e. The van der Waals surface area contributed by atoms with E-state index in [-0.39, 0.29) is 5.69 Å². The fourth-order valence-corrected chi connectivity index (χ4v) is 2.05. The molecule has 0 amide bonds. The van der Waals surface area contributed by atoms with Crippen LogP contribution in [0.4, 0.5) is 0 Å². The highest BCUT2D eigenvalue weighted by molar-refractivity contribution is 6.04. The molecule has 0 saturated heterocycles. The minimum Gasteiger partial charge on any atom is -0.476 e. The third-order valence-electron chi connectivity index (χ3n) is 2.95. The van der Waals surface area contributed by atoms with Gasteiger partial charge in [0, 0.05) is 23.2 Å². The lowest BCUT2D eigenvalue weighted by Crippen LogP contribution is -2.06. The van der Waals surface area contributed by atoms with Crippen molar-refractivity contribution in [2.75, 3.05) is 0 Å². The zero-order valence-corrected chi connectivity index (χ0v) is 10.2. The Bertz CT molecular complexity index is 847. The molecule has 20 heavy (non-hydrogen) atoms. The number of rotatable bonds is 2. The maximum absolute atomic E-state index is 11.4. The molecular weight excluding hydrogens is 256 g/mol. The van der Waals surface area contributed by atoms with Crippen molar-refractivity contribution in [3.05, 3.63) is 54.2 Å². The summed E-state index contributed by atoms with van der Waals surface area (Å²) < 4.78 is 1.60. The monoisotopic (exact) mass is 264 g/mol. The zero-order valence-electron chi connectivity index (χ0n) is 10.2. The van der Waals surface area contributed by atoms with Gasteiger partial charge in [0.05, 0.1) is 11.6 Å². The summed E-state index contributed by atoms with van der Waals surface area (Å²) in [6.45, 7) is 0. The summed E-state index contributed by atoms with van der Waals surface area (Å²) >= 11 is 0. The minimum atomic E-state index is -1.13. The van der Waals surface area contributed by atoms with Crippen molar-refractivity contribution in [2.24, 2.45) is 0 Å². The largest absolute Gasteiger partial charge is 0.476 e. The van der Waals surface area contributed by atoms with Crippen LogP contribution in [0.1, 0.15) is 16.1 Å². The van der Waals surface area contributed by atoms with Crippen molar-refractivity contribution >= 4 is 16.7 Å². The second-order valence-electron chi connectivity index (χ2n) is 4.12. The first-order valence-electron chi connectivity index (χ1n) is 5.76. The molecular formula is C14H8N4O2. The van der Waals surface area contributed by atoms with Crippen molar-refractivity contribution < 1.29 is 9.90 Å². The molecule has 2 heterocycles.